The van der Waals surface area contributed by atoms with Gasteiger partial charge in [0.1, 0.15) is 5.82 Å². The van der Waals surface area contributed by atoms with E-state index in [2.05, 4.69) is 60.5 Å². The Hall–Kier alpha value is -1.48. The van der Waals surface area contributed by atoms with Gasteiger partial charge in [-0.15, -0.1) is 0 Å². The molecule has 0 saturated carbocycles. The predicted octanol–water partition coefficient (Wildman–Crippen LogP) is 4.26. The second-order valence-corrected chi connectivity index (χ2v) is 5.55. The van der Waals surface area contributed by atoms with E-state index in [1.165, 1.54) is 16.7 Å². The van der Waals surface area contributed by atoms with E-state index < -0.39 is 0 Å². The number of anilines is 1. The molecule has 0 radical (unpaired) electrons. The first-order valence-electron chi connectivity index (χ1n) is 6.60. The van der Waals surface area contributed by atoms with Crippen LogP contribution in [0.3, 0.4) is 0 Å². The maximum absolute atomic E-state index is 4.29. The number of aromatic nitrogens is 1. The maximum atomic E-state index is 4.29. The Kier molecular flexibility index (Phi) is 5.28. The molecule has 0 saturated heterocycles. The Morgan fingerprint density at radius 2 is 1.89 bits per heavy atom. The lowest BCUT2D eigenvalue weighted by Gasteiger charge is -2.06. The Morgan fingerprint density at radius 1 is 1.11 bits per heavy atom. The van der Waals surface area contributed by atoms with Crippen molar-refractivity contribution in [2.24, 2.45) is 0 Å². The van der Waals surface area contributed by atoms with Crippen molar-refractivity contribution in [1.29, 1.82) is 0 Å². The molecular weight excluding hydrogens is 252 g/mol. The molecular formula is C16H20N2S. The molecule has 1 N–H and O–H groups in total. The van der Waals surface area contributed by atoms with Gasteiger partial charge in [-0.1, -0.05) is 29.8 Å². The number of rotatable bonds is 6. The molecule has 100 valence electrons. The van der Waals surface area contributed by atoms with Crippen molar-refractivity contribution in [3.63, 3.8) is 0 Å². The highest BCUT2D eigenvalue weighted by molar-refractivity contribution is 7.97. The Labute approximate surface area is 119 Å². The molecule has 3 heteroatoms. The molecule has 0 fully saturated rings. The van der Waals surface area contributed by atoms with Crippen molar-refractivity contribution < 1.29 is 0 Å². The van der Waals surface area contributed by atoms with Gasteiger partial charge in [-0.25, -0.2) is 4.98 Å². The van der Waals surface area contributed by atoms with Crippen LogP contribution in [0.5, 0.6) is 0 Å². The predicted molar refractivity (Wildman–Crippen MR) is 84.6 cm³/mol. The highest BCUT2D eigenvalue weighted by atomic mass is 32.2. The molecule has 1 aromatic heterocycles. The molecule has 0 aliphatic carbocycles. The molecule has 2 aromatic rings. The number of hydrogen-bond acceptors (Lipinski definition) is 3. The molecule has 0 aliphatic rings. The van der Waals surface area contributed by atoms with Gasteiger partial charge in [0.15, 0.2) is 0 Å². The zero-order valence-corrected chi connectivity index (χ0v) is 12.3. The number of thioether (sulfide) groups is 1. The van der Waals surface area contributed by atoms with E-state index in [9.17, 15) is 0 Å². The molecule has 0 aliphatic heterocycles. The highest BCUT2D eigenvalue weighted by Gasteiger charge is 1.98. The number of benzene rings is 1. The van der Waals surface area contributed by atoms with Gasteiger partial charge in [-0.2, -0.15) is 11.8 Å². The first-order chi connectivity index (χ1) is 9.28. The molecule has 2 nitrogen and oxygen atoms in total. The van der Waals surface area contributed by atoms with Crippen LogP contribution >= 0.6 is 11.8 Å². The van der Waals surface area contributed by atoms with Gasteiger partial charge in [-0.05, 0) is 37.1 Å². The van der Waals surface area contributed by atoms with E-state index in [0.29, 0.717) is 0 Å². The van der Waals surface area contributed by atoms with Gasteiger partial charge in [-0.3, -0.25) is 0 Å². The van der Waals surface area contributed by atoms with Crippen LogP contribution in [0, 0.1) is 6.92 Å². The zero-order chi connectivity index (χ0) is 13.5. The third-order valence-corrected chi connectivity index (χ3v) is 3.88. The summed E-state index contributed by atoms with van der Waals surface area (Å²) in [6.45, 7) is 5.13. The van der Waals surface area contributed by atoms with Gasteiger partial charge in [0.2, 0.25) is 0 Å². The summed E-state index contributed by atoms with van der Waals surface area (Å²) in [5.41, 5.74) is 4.05. The summed E-state index contributed by atoms with van der Waals surface area (Å²) in [6.07, 6.45) is 1.88. The van der Waals surface area contributed by atoms with Gasteiger partial charge in [0, 0.05) is 24.2 Å². The smallest absolute Gasteiger partial charge is 0.126 e. The molecule has 0 unspecified atom stereocenters. The molecule has 1 aromatic carbocycles. The minimum absolute atomic E-state index is 0.910. The molecule has 0 spiro atoms. The van der Waals surface area contributed by atoms with Gasteiger partial charge in [0.05, 0.1) is 0 Å². The maximum Gasteiger partial charge on any atom is 0.126 e. The topological polar surface area (TPSA) is 24.9 Å². The summed E-state index contributed by atoms with van der Waals surface area (Å²) >= 11 is 1.94. The van der Waals surface area contributed by atoms with E-state index in [1.807, 2.05) is 18.0 Å². The third kappa shape index (κ3) is 4.60. The average molecular weight is 272 g/mol. The lowest BCUT2D eigenvalue weighted by Crippen LogP contribution is -1.99. The van der Waals surface area contributed by atoms with E-state index in [-0.39, 0.29) is 0 Å². The largest absolute Gasteiger partial charge is 0.370 e. The number of nitrogens with zero attached hydrogens (tertiary/aromatic N) is 1. The van der Waals surface area contributed by atoms with Crippen LogP contribution in [0.4, 0.5) is 5.82 Å². The standard InChI is InChI=1S/C16H20N2S/c1-3-17-16-10-15(7-8-18-16)12-19-11-14-6-4-5-13(2)9-14/h4-10H,3,11-12H2,1-2H3,(H,17,18). The van der Waals surface area contributed by atoms with E-state index in [0.717, 1.165) is 23.9 Å². The van der Waals surface area contributed by atoms with Crippen LogP contribution in [0.15, 0.2) is 42.6 Å². The quantitative estimate of drug-likeness (QED) is 0.850. The highest BCUT2D eigenvalue weighted by Crippen LogP contribution is 2.19. The minimum atomic E-state index is 0.910. The fraction of sp³-hybridized carbons (Fsp3) is 0.312. The van der Waals surface area contributed by atoms with Crippen LogP contribution < -0.4 is 5.32 Å². The van der Waals surface area contributed by atoms with Crippen molar-refractivity contribution in [3.8, 4) is 0 Å². The summed E-state index contributed by atoms with van der Waals surface area (Å²) in [4.78, 5) is 4.29. The van der Waals surface area contributed by atoms with Crippen molar-refractivity contribution in [3.05, 3.63) is 59.3 Å². The monoisotopic (exact) mass is 272 g/mol. The zero-order valence-electron chi connectivity index (χ0n) is 11.5. The van der Waals surface area contributed by atoms with Crippen molar-refractivity contribution in [2.75, 3.05) is 11.9 Å². The Bertz CT molecular complexity index is 526. The first-order valence-corrected chi connectivity index (χ1v) is 7.75. The lowest BCUT2D eigenvalue weighted by atomic mass is 10.2. The van der Waals surface area contributed by atoms with Gasteiger partial charge in [0.25, 0.3) is 0 Å². The first kappa shape index (κ1) is 13.9. The number of pyridine rings is 1. The van der Waals surface area contributed by atoms with Crippen molar-refractivity contribution in [2.45, 2.75) is 25.4 Å². The lowest BCUT2D eigenvalue weighted by molar-refractivity contribution is 1.15. The summed E-state index contributed by atoms with van der Waals surface area (Å²) < 4.78 is 0. The molecule has 1 heterocycles. The normalized spacial score (nSPS) is 10.4. The number of hydrogen-bond donors (Lipinski definition) is 1. The Morgan fingerprint density at radius 3 is 2.63 bits per heavy atom. The molecule has 0 atom stereocenters. The average Bonchev–Trinajstić information content (AvgIpc) is 2.40. The van der Waals surface area contributed by atoms with Crippen LogP contribution in [-0.2, 0) is 11.5 Å². The van der Waals surface area contributed by atoms with Gasteiger partial charge >= 0.3 is 0 Å². The van der Waals surface area contributed by atoms with E-state index in [1.54, 1.807) is 0 Å². The summed E-state index contributed by atoms with van der Waals surface area (Å²) in [5.74, 6) is 3.05. The van der Waals surface area contributed by atoms with Crippen molar-refractivity contribution in [1.82, 2.24) is 4.98 Å². The third-order valence-electron chi connectivity index (χ3n) is 2.80. The van der Waals surface area contributed by atoms with Crippen molar-refractivity contribution >= 4 is 17.6 Å². The second kappa shape index (κ2) is 7.19. The van der Waals surface area contributed by atoms with Crippen LogP contribution in [0.1, 0.15) is 23.6 Å². The molecule has 0 amide bonds. The molecule has 2 rings (SSSR count). The summed E-state index contributed by atoms with van der Waals surface area (Å²) in [5, 5.41) is 3.24. The molecule has 19 heavy (non-hydrogen) atoms. The van der Waals surface area contributed by atoms with Crippen LogP contribution in [0.2, 0.25) is 0 Å². The Balaban J connectivity index is 1.87. The van der Waals surface area contributed by atoms with Crippen LogP contribution in [-0.4, -0.2) is 11.5 Å². The summed E-state index contributed by atoms with van der Waals surface area (Å²) in [6, 6.07) is 12.9. The fourth-order valence-corrected chi connectivity index (χ4v) is 2.86. The minimum Gasteiger partial charge on any atom is -0.370 e. The number of nitrogens with one attached hydrogen (secondary N) is 1. The number of aryl methyl sites for hydroxylation is 1. The van der Waals surface area contributed by atoms with Gasteiger partial charge < -0.3 is 5.32 Å². The van der Waals surface area contributed by atoms with Crippen LogP contribution in [0.25, 0.3) is 0 Å². The molecule has 0 bridgehead atoms. The summed E-state index contributed by atoms with van der Waals surface area (Å²) in [7, 11) is 0. The second-order valence-electron chi connectivity index (χ2n) is 4.56. The van der Waals surface area contributed by atoms with E-state index >= 15 is 0 Å². The SMILES string of the molecule is CCNc1cc(CSCc2cccc(C)c2)ccn1. The fourth-order valence-electron chi connectivity index (χ4n) is 1.93. The van der Waals surface area contributed by atoms with E-state index in [4.69, 9.17) is 0 Å².